The predicted octanol–water partition coefficient (Wildman–Crippen LogP) is 2.76. The number of nitrogens with one attached hydrogen (secondary N) is 1. The molecule has 1 aromatic carbocycles. The minimum Gasteiger partial charge on any atom is -0.382 e. The number of ether oxygens (including phenoxy) is 1. The first-order chi connectivity index (χ1) is 10.7. The summed E-state index contributed by atoms with van der Waals surface area (Å²) < 4.78 is 5.32. The molecule has 1 aliphatic heterocycles. The molecule has 0 atom stereocenters. The smallest absolute Gasteiger partial charge is 0.169 e. The lowest BCUT2D eigenvalue weighted by Gasteiger charge is -2.37. The minimum absolute atomic E-state index is 0.774. The van der Waals surface area contributed by atoms with Gasteiger partial charge in [0.25, 0.3) is 0 Å². The molecule has 2 rings (SSSR count). The molecule has 4 nitrogen and oxygen atoms in total. The monoisotopic (exact) mass is 341 g/mol. The quantitative estimate of drug-likeness (QED) is 0.634. The van der Waals surface area contributed by atoms with E-state index in [1.54, 1.807) is 0 Å². The third-order valence-corrected chi connectivity index (χ3v) is 4.32. The van der Waals surface area contributed by atoms with E-state index in [1.807, 2.05) is 25.1 Å². The van der Waals surface area contributed by atoms with E-state index in [2.05, 4.69) is 21.2 Å². The van der Waals surface area contributed by atoms with Crippen LogP contribution in [0.15, 0.2) is 24.3 Å². The van der Waals surface area contributed by atoms with Crippen molar-refractivity contribution >= 4 is 34.6 Å². The average Bonchev–Trinajstić information content (AvgIpc) is 2.54. The molecule has 0 aromatic heterocycles. The highest BCUT2D eigenvalue weighted by molar-refractivity contribution is 7.80. The summed E-state index contributed by atoms with van der Waals surface area (Å²) in [5.74, 6) is 0. The molecule has 0 aliphatic carbocycles. The van der Waals surface area contributed by atoms with Crippen molar-refractivity contribution in [2.45, 2.75) is 13.3 Å². The predicted molar refractivity (Wildman–Crippen MR) is 96.9 cm³/mol. The Kier molecular flexibility index (Phi) is 7.22. The van der Waals surface area contributed by atoms with Crippen molar-refractivity contribution in [1.82, 2.24) is 10.2 Å². The van der Waals surface area contributed by atoms with Crippen LogP contribution in [0.25, 0.3) is 0 Å². The molecule has 22 heavy (non-hydrogen) atoms. The number of hydrogen-bond acceptors (Lipinski definition) is 3. The molecular formula is C16H24ClN3OS. The summed E-state index contributed by atoms with van der Waals surface area (Å²) in [5, 5.41) is 4.95. The number of halogens is 1. The van der Waals surface area contributed by atoms with Gasteiger partial charge in [-0.1, -0.05) is 17.7 Å². The summed E-state index contributed by atoms with van der Waals surface area (Å²) in [6.45, 7) is 8.23. The van der Waals surface area contributed by atoms with E-state index in [0.29, 0.717) is 0 Å². The summed E-state index contributed by atoms with van der Waals surface area (Å²) in [6.07, 6.45) is 0.983. The van der Waals surface area contributed by atoms with Gasteiger partial charge in [-0.2, -0.15) is 0 Å². The maximum absolute atomic E-state index is 6.06. The van der Waals surface area contributed by atoms with Gasteiger partial charge in [0.05, 0.1) is 0 Å². The highest BCUT2D eigenvalue weighted by Crippen LogP contribution is 2.20. The Bertz CT molecular complexity index is 478. The van der Waals surface area contributed by atoms with E-state index in [1.165, 1.54) is 5.69 Å². The molecule has 1 saturated heterocycles. The number of benzene rings is 1. The lowest BCUT2D eigenvalue weighted by molar-refractivity contribution is 0.145. The topological polar surface area (TPSA) is 27.7 Å². The molecule has 1 aromatic rings. The van der Waals surface area contributed by atoms with Crippen molar-refractivity contribution in [2.75, 3.05) is 50.8 Å². The van der Waals surface area contributed by atoms with E-state index in [0.717, 1.165) is 62.5 Å². The maximum Gasteiger partial charge on any atom is 0.169 e. The molecule has 0 radical (unpaired) electrons. The molecule has 122 valence electrons. The Morgan fingerprint density at radius 2 is 2.09 bits per heavy atom. The summed E-state index contributed by atoms with van der Waals surface area (Å²) in [5.41, 5.74) is 1.18. The van der Waals surface area contributed by atoms with Gasteiger partial charge in [0, 0.05) is 56.6 Å². The van der Waals surface area contributed by atoms with Crippen LogP contribution in [0.5, 0.6) is 0 Å². The van der Waals surface area contributed by atoms with E-state index in [-0.39, 0.29) is 0 Å². The SMILES string of the molecule is CCOCCCNC(=S)N1CCN(c2cccc(Cl)c2)CC1. The van der Waals surface area contributed by atoms with Crippen molar-refractivity contribution in [3.8, 4) is 0 Å². The van der Waals surface area contributed by atoms with E-state index < -0.39 is 0 Å². The van der Waals surface area contributed by atoms with Gasteiger partial charge < -0.3 is 19.9 Å². The van der Waals surface area contributed by atoms with Crippen molar-refractivity contribution in [3.63, 3.8) is 0 Å². The number of nitrogens with zero attached hydrogens (tertiary/aromatic N) is 2. The fourth-order valence-electron chi connectivity index (χ4n) is 2.47. The van der Waals surface area contributed by atoms with Gasteiger partial charge in [0.2, 0.25) is 0 Å². The van der Waals surface area contributed by atoms with Gasteiger partial charge in [0.1, 0.15) is 0 Å². The van der Waals surface area contributed by atoms with Gasteiger partial charge in [-0.05, 0) is 43.8 Å². The molecule has 0 amide bonds. The van der Waals surface area contributed by atoms with Crippen LogP contribution in [0.1, 0.15) is 13.3 Å². The molecule has 1 N–H and O–H groups in total. The normalized spacial score (nSPS) is 15.0. The van der Waals surface area contributed by atoms with Gasteiger partial charge in [-0.15, -0.1) is 0 Å². The Balaban J connectivity index is 1.71. The third-order valence-electron chi connectivity index (χ3n) is 3.69. The second-order valence-electron chi connectivity index (χ2n) is 5.24. The van der Waals surface area contributed by atoms with Gasteiger partial charge in [0.15, 0.2) is 5.11 Å². The lowest BCUT2D eigenvalue weighted by Crippen LogP contribution is -2.51. The van der Waals surface area contributed by atoms with Crippen molar-refractivity contribution in [1.29, 1.82) is 0 Å². The molecule has 1 aliphatic rings. The first-order valence-electron chi connectivity index (χ1n) is 7.81. The highest BCUT2D eigenvalue weighted by atomic mass is 35.5. The molecule has 0 bridgehead atoms. The van der Waals surface area contributed by atoms with Gasteiger partial charge >= 0.3 is 0 Å². The van der Waals surface area contributed by atoms with Crippen LogP contribution in [0.4, 0.5) is 5.69 Å². The van der Waals surface area contributed by atoms with Crippen LogP contribution in [0, 0.1) is 0 Å². The van der Waals surface area contributed by atoms with Crippen LogP contribution in [0.3, 0.4) is 0 Å². The zero-order chi connectivity index (χ0) is 15.8. The summed E-state index contributed by atoms with van der Waals surface area (Å²) >= 11 is 11.5. The summed E-state index contributed by atoms with van der Waals surface area (Å²) in [6, 6.07) is 8.02. The second-order valence-corrected chi connectivity index (χ2v) is 6.06. The average molecular weight is 342 g/mol. The highest BCUT2D eigenvalue weighted by Gasteiger charge is 2.18. The summed E-state index contributed by atoms with van der Waals surface area (Å²) in [7, 11) is 0. The number of hydrogen-bond donors (Lipinski definition) is 1. The van der Waals surface area contributed by atoms with Crippen molar-refractivity contribution in [3.05, 3.63) is 29.3 Å². The van der Waals surface area contributed by atoms with E-state index >= 15 is 0 Å². The maximum atomic E-state index is 6.06. The van der Waals surface area contributed by atoms with Gasteiger partial charge in [-0.25, -0.2) is 0 Å². The standard InChI is InChI=1S/C16H24ClN3OS/c1-2-21-12-4-7-18-16(22)20-10-8-19(9-11-20)15-6-3-5-14(17)13-15/h3,5-6,13H,2,4,7-12H2,1H3,(H,18,22). The van der Waals surface area contributed by atoms with Crippen LogP contribution in [-0.2, 0) is 4.74 Å². The molecule has 0 saturated carbocycles. The molecule has 0 unspecified atom stereocenters. The number of piperazine rings is 1. The van der Waals surface area contributed by atoms with Crippen LogP contribution in [0.2, 0.25) is 5.02 Å². The number of anilines is 1. The molecular weight excluding hydrogens is 318 g/mol. The zero-order valence-electron chi connectivity index (χ0n) is 13.1. The Hall–Kier alpha value is -1.04. The van der Waals surface area contributed by atoms with Crippen molar-refractivity contribution < 1.29 is 4.74 Å². The van der Waals surface area contributed by atoms with Crippen LogP contribution >= 0.6 is 23.8 Å². The first kappa shape index (κ1) is 17.3. The minimum atomic E-state index is 0.774. The molecule has 6 heteroatoms. The lowest BCUT2D eigenvalue weighted by atomic mass is 10.2. The number of thiocarbonyl (C=S) groups is 1. The zero-order valence-corrected chi connectivity index (χ0v) is 14.6. The van der Waals surface area contributed by atoms with Crippen molar-refractivity contribution in [2.24, 2.45) is 0 Å². The molecule has 0 spiro atoms. The fraction of sp³-hybridized carbons (Fsp3) is 0.562. The molecule has 1 fully saturated rings. The van der Waals surface area contributed by atoms with Crippen LogP contribution in [-0.4, -0.2) is 55.9 Å². The Labute approximate surface area is 143 Å². The summed E-state index contributed by atoms with van der Waals surface area (Å²) in [4.78, 5) is 4.58. The van der Waals surface area contributed by atoms with Gasteiger partial charge in [-0.3, -0.25) is 0 Å². The van der Waals surface area contributed by atoms with E-state index in [4.69, 9.17) is 28.6 Å². The second kappa shape index (κ2) is 9.18. The molecule has 1 heterocycles. The van der Waals surface area contributed by atoms with E-state index in [9.17, 15) is 0 Å². The largest absolute Gasteiger partial charge is 0.382 e. The Morgan fingerprint density at radius 3 is 2.77 bits per heavy atom. The first-order valence-corrected chi connectivity index (χ1v) is 8.60. The fourth-order valence-corrected chi connectivity index (χ4v) is 2.94. The third kappa shape index (κ3) is 5.30. The number of rotatable bonds is 6. The Morgan fingerprint density at radius 1 is 1.32 bits per heavy atom. The van der Waals surface area contributed by atoms with Crippen LogP contribution < -0.4 is 10.2 Å².